The van der Waals surface area contributed by atoms with Crippen LogP contribution in [0.4, 0.5) is 4.39 Å². The summed E-state index contributed by atoms with van der Waals surface area (Å²) in [6.07, 6.45) is 0.573. The first kappa shape index (κ1) is 13.4. The Kier molecular flexibility index (Phi) is 4.29. The molecule has 0 saturated heterocycles. The van der Waals surface area contributed by atoms with Crippen LogP contribution in [0.25, 0.3) is 0 Å². The Labute approximate surface area is 114 Å². The minimum absolute atomic E-state index is 0.104. The molecule has 6 heteroatoms. The summed E-state index contributed by atoms with van der Waals surface area (Å²) in [4.78, 5) is 4.36. The van der Waals surface area contributed by atoms with Crippen LogP contribution < -0.4 is 11.3 Å². The average Bonchev–Trinajstić information content (AvgIpc) is 2.76. The van der Waals surface area contributed by atoms with Gasteiger partial charge in [-0.25, -0.2) is 9.37 Å². The van der Waals surface area contributed by atoms with E-state index in [2.05, 4.69) is 10.4 Å². The zero-order chi connectivity index (χ0) is 13.1. The molecule has 1 unspecified atom stereocenters. The molecule has 0 aliphatic rings. The van der Waals surface area contributed by atoms with Gasteiger partial charge >= 0.3 is 0 Å². The molecule has 18 heavy (non-hydrogen) atoms. The van der Waals surface area contributed by atoms with Gasteiger partial charge in [-0.2, -0.15) is 0 Å². The van der Waals surface area contributed by atoms with Gasteiger partial charge in [0.05, 0.1) is 21.8 Å². The summed E-state index contributed by atoms with van der Waals surface area (Å²) in [5, 5.41) is 3.06. The number of aryl methyl sites for hydroxylation is 1. The largest absolute Gasteiger partial charge is 0.271 e. The van der Waals surface area contributed by atoms with Crippen molar-refractivity contribution >= 4 is 22.9 Å². The van der Waals surface area contributed by atoms with Crippen molar-refractivity contribution in [2.24, 2.45) is 5.84 Å². The number of hydrogen-bond donors (Lipinski definition) is 2. The molecule has 0 amide bonds. The topological polar surface area (TPSA) is 50.9 Å². The zero-order valence-electron chi connectivity index (χ0n) is 9.78. The SMILES string of the molecule is Cc1nc(CC(NN)c2cccc(F)c2Cl)cs1. The number of halogens is 2. The quantitative estimate of drug-likeness (QED) is 0.671. The fourth-order valence-electron chi connectivity index (χ4n) is 1.76. The van der Waals surface area contributed by atoms with E-state index in [1.807, 2.05) is 12.3 Å². The van der Waals surface area contributed by atoms with E-state index >= 15 is 0 Å². The van der Waals surface area contributed by atoms with Gasteiger partial charge in [0.25, 0.3) is 0 Å². The first-order valence-electron chi connectivity index (χ1n) is 5.43. The summed E-state index contributed by atoms with van der Waals surface area (Å²) < 4.78 is 13.4. The smallest absolute Gasteiger partial charge is 0.142 e. The Balaban J connectivity index is 2.25. The molecule has 0 radical (unpaired) electrons. The molecule has 1 heterocycles. The van der Waals surface area contributed by atoms with Gasteiger partial charge < -0.3 is 0 Å². The van der Waals surface area contributed by atoms with E-state index in [9.17, 15) is 4.39 Å². The predicted molar refractivity (Wildman–Crippen MR) is 72.0 cm³/mol. The highest BCUT2D eigenvalue weighted by Crippen LogP contribution is 2.27. The third-order valence-electron chi connectivity index (χ3n) is 2.64. The summed E-state index contributed by atoms with van der Waals surface area (Å²) in [5.41, 5.74) is 4.22. The molecule has 0 aliphatic carbocycles. The fourth-order valence-corrected chi connectivity index (χ4v) is 2.64. The molecular weight excluding hydrogens is 273 g/mol. The van der Waals surface area contributed by atoms with E-state index in [-0.39, 0.29) is 11.1 Å². The molecule has 3 N–H and O–H groups in total. The number of nitrogens with zero attached hydrogens (tertiary/aromatic N) is 1. The number of thiazole rings is 1. The maximum absolute atomic E-state index is 13.4. The van der Waals surface area contributed by atoms with Crippen LogP contribution in [-0.4, -0.2) is 4.98 Å². The Morgan fingerprint density at radius 3 is 2.94 bits per heavy atom. The standard InChI is InChI=1S/C12H13ClFN3S/c1-7-16-8(6-18-7)5-11(17-15)9-3-2-4-10(14)12(9)13/h2-4,6,11,17H,5,15H2,1H3. The van der Waals surface area contributed by atoms with Crippen molar-refractivity contribution in [2.75, 3.05) is 0 Å². The molecule has 0 aliphatic heterocycles. The Morgan fingerprint density at radius 2 is 2.33 bits per heavy atom. The van der Waals surface area contributed by atoms with Gasteiger partial charge in [0.15, 0.2) is 0 Å². The Morgan fingerprint density at radius 1 is 1.56 bits per heavy atom. The first-order chi connectivity index (χ1) is 8.61. The summed E-state index contributed by atoms with van der Waals surface area (Å²) >= 11 is 7.52. The summed E-state index contributed by atoms with van der Waals surface area (Å²) in [6, 6.07) is 4.45. The van der Waals surface area contributed by atoms with Gasteiger partial charge in [-0.15, -0.1) is 11.3 Å². The minimum Gasteiger partial charge on any atom is -0.271 e. The third-order valence-corrected chi connectivity index (χ3v) is 3.86. The van der Waals surface area contributed by atoms with E-state index in [1.54, 1.807) is 23.5 Å². The number of aromatic nitrogens is 1. The number of nitrogens with two attached hydrogens (primary N) is 1. The van der Waals surface area contributed by atoms with Crippen molar-refractivity contribution in [1.29, 1.82) is 0 Å². The second kappa shape index (κ2) is 5.75. The van der Waals surface area contributed by atoms with Crippen molar-refractivity contribution in [2.45, 2.75) is 19.4 Å². The van der Waals surface area contributed by atoms with Crippen molar-refractivity contribution in [1.82, 2.24) is 10.4 Å². The van der Waals surface area contributed by atoms with Crippen molar-refractivity contribution < 1.29 is 4.39 Å². The summed E-state index contributed by atoms with van der Waals surface area (Å²) in [7, 11) is 0. The van der Waals surface area contributed by atoms with Crippen LogP contribution >= 0.6 is 22.9 Å². The molecule has 3 nitrogen and oxygen atoms in total. The second-order valence-corrected chi connectivity index (χ2v) is 5.36. The normalized spacial score (nSPS) is 12.7. The monoisotopic (exact) mass is 285 g/mol. The van der Waals surface area contributed by atoms with E-state index in [1.165, 1.54) is 6.07 Å². The highest BCUT2D eigenvalue weighted by atomic mass is 35.5. The van der Waals surface area contributed by atoms with Crippen molar-refractivity contribution in [3.63, 3.8) is 0 Å². The van der Waals surface area contributed by atoms with Gasteiger partial charge in [-0.1, -0.05) is 23.7 Å². The fraction of sp³-hybridized carbons (Fsp3) is 0.250. The molecule has 0 bridgehead atoms. The number of hydrazine groups is 1. The van der Waals surface area contributed by atoms with Crippen LogP contribution in [-0.2, 0) is 6.42 Å². The van der Waals surface area contributed by atoms with Crippen LogP contribution in [0.5, 0.6) is 0 Å². The number of nitrogens with one attached hydrogen (secondary N) is 1. The van der Waals surface area contributed by atoms with E-state index in [0.717, 1.165) is 10.7 Å². The van der Waals surface area contributed by atoms with Crippen LogP contribution in [0.1, 0.15) is 22.3 Å². The van der Waals surface area contributed by atoms with E-state index in [4.69, 9.17) is 17.4 Å². The van der Waals surface area contributed by atoms with Crippen LogP contribution in [0.3, 0.4) is 0 Å². The summed E-state index contributed by atoms with van der Waals surface area (Å²) in [5.74, 6) is 5.08. The lowest BCUT2D eigenvalue weighted by Crippen LogP contribution is -2.30. The van der Waals surface area contributed by atoms with Gasteiger partial charge in [0.1, 0.15) is 5.82 Å². The van der Waals surface area contributed by atoms with Gasteiger partial charge in [0.2, 0.25) is 0 Å². The lowest BCUT2D eigenvalue weighted by molar-refractivity contribution is 0.540. The summed E-state index contributed by atoms with van der Waals surface area (Å²) in [6.45, 7) is 1.94. The second-order valence-electron chi connectivity index (χ2n) is 3.92. The molecule has 1 aromatic heterocycles. The zero-order valence-corrected chi connectivity index (χ0v) is 11.4. The molecule has 2 aromatic rings. The van der Waals surface area contributed by atoms with Crippen molar-refractivity contribution in [3.8, 4) is 0 Å². The van der Waals surface area contributed by atoms with Crippen LogP contribution in [0.2, 0.25) is 5.02 Å². The average molecular weight is 286 g/mol. The van der Waals surface area contributed by atoms with Gasteiger partial charge in [-0.05, 0) is 18.6 Å². The lowest BCUT2D eigenvalue weighted by atomic mass is 10.0. The van der Waals surface area contributed by atoms with Gasteiger partial charge in [0, 0.05) is 11.8 Å². The number of rotatable bonds is 4. The van der Waals surface area contributed by atoms with Gasteiger partial charge in [-0.3, -0.25) is 11.3 Å². The third kappa shape index (κ3) is 2.87. The predicted octanol–water partition coefficient (Wildman–Crippen LogP) is 2.99. The first-order valence-corrected chi connectivity index (χ1v) is 6.68. The van der Waals surface area contributed by atoms with Crippen molar-refractivity contribution in [3.05, 3.63) is 50.7 Å². The molecule has 0 saturated carbocycles. The molecule has 0 spiro atoms. The molecule has 1 atom stereocenters. The maximum atomic E-state index is 13.4. The molecule has 2 rings (SSSR count). The highest BCUT2D eigenvalue weighted by molar-refractivity contribution is 7.09. The molecule has 0 fully saturated rings. The highest BCUT2D eigenvalue weighted by Gasteiger charge is 2.17. The maximum Gasteiger partial charge on any atom is 0.142 e. The van der Waals surface area contributed by atoms with Crippen LogP contribution in [0.15, 0.2) is 23.6 Å². The number of benzene rings is 1. The van der Waals surface area contributed by atoms with E-state index in [0.29, 0.717) is 12.0 Å². The molecular formula is C12H13ClFN3S. The number of hydrogen-bond acceptors (Lipinski definition) is 4. The Hall–Kier alpha value is -1.01. The molecule has 96 valence electrons. The lowest BCUT2D eigenvalue weighted by Gasteiger charge is -2.16. The Bertz CT molecular complexity index is 544. The van der Waals surface area contributed by atoms with E-state index < -0.39 is 5.82 Å². The minimum atomic E-state index is -0.441. The van der Waals surface area contributed by atoms with Crippen LogP contribution in [0, 0.1) is 12.7 Å². The molecule has 1 aromatic carbocycles.